The average Bonchev–Trinajstić information content (AvgIpc) is 2.89. The molecule has 2 atom stereocenters. The smallest absolute Gasteiger partial charge is 0.352 e. The van der Waals surface area contributed by atoms with Gasteiger partial charge in [-0.25, -0.2) is 0 Å². The van der Waals surface area contributed by atoms with Gasteiger partial charge in [0.15, 0.2) is 0 Å². The molecule has 16 heavy (non-hydrogen) atoms. The van der Waals surface area contributed by atoms with Crippen LogP contribution in [0, 0.1) is 0 Å². The topological polar surface area (TPSA) is 12.5 Å². The molecule has 0 radical (unpaired) electrons. The summed E-state index contributed by atoms with van der Waals surface area (Å²) in [6.07, 6.45) is -2.62. The molecular weight excluding hydrogens is 217 g/mol. The Morgan fingerprint density at radius 2 is 1.81 bits per heavy atom. The summed E-state index contributed by atoms with van der Waals surface area (Å²) in [4.78, 5) is 0. The molecule has 1 nitrogen and oxygen atoms in total. The Labute approximate surface area is 91.5 Å². The lowest BCUT2D eigenvalue weighted by Gasteiger charge is -2.11. The van der Waals surface area contributed by atoms with Crippen LogP contribution < -0.4 is 0 Å². The highest BCUT2D eigenvalue weighted by molar-refractivity contribution is 5.52. The maximum Gasteiger partial charge on any atom is 0.423 e. The second-order valence-corrected chi connectivity index (χ2v) is 3.79. The minimum Gasteiger partial charge on any atom is -0.352 e. The van der Waals surface area contributed by atoms with E-state index >= 15 is 0 Å². The first kappa shape index (κ1) is 11.2. The summed E-state index contributed by atoms with van der Waals surface area (Å²) in [6, 6.07) is 8.85. The molecule has 1 aliphatic rings. The Balaban J connectivity index is 2.19. The molecule has 1 aromatic rings. The van der Waals surface area contributed by atoms with Crippen LogP contribution in [0.25, 0.3) is 6.08 Å². The van der Waals surface area contributed by atoms with E-state index in [0.717, 1.165) is 11.6 Å². The van der Waals surface area contributed by atoms with Gasteiger partial charge in [0, 0.05) is 0 Å². The third-order valence-corrected chi connectivity index (χ3v) is 2.68. The molecule has 4 heteroatoms. The fraction of sp³-hybridized carbons (Fsp3) is 0.333. The van der Waals surface area contributed by atoms with Crippen molar-refractivity contribution in [2.45, 2.75) is 24.8 Å². The molecule has 0 saturated carbocycles. The van der Waals surface area contributed by atoms with E-state index in [0.29, 0.717) is 0 Å². The third-order valence-electron chi connectivity index (χ3n) is 2.68. The summed E-state index contributed by atoms with van der Waals surface area (Å²) in [6.45, 7) is 1.42. The van der Waals surface area contributed by atoms with E-state index in [1.54, 1.807) is 24.3 Å². The third kappa shape index (κ3) is 1.85. The van der Waals surface area contributed by atoms with Crippen LogP contribution in [0.4, 0.5) is 13.2 Å². The van der Waals surface area contributed by atoms with Gasteiger partial charge in [0.25, 0.3) is 0 Å². The van der Waals surface area contributed by atoms with Crippen molar-refractivity contribution in [1.29, 1.82) is 0 Å². The van der Waals surface area contributed by atoms with Crippen molar-refractivity contribution in [3.63, 3.8) is 0 Å². The van der Waals surface area contributed by atoms with Crippen LogP contribution >= 0.6 is 0 Å². The second-order valence-electron chi connectivity index (χ2n) is 3.79. The lowest BCUT2D eigenvalue weighted by molar-refractivity contribution is -0.169. The van der Waals surface area contributed by atoms with E-state index in [-0.39, 0.29) is 0 Å². The van der Waals surface area contributed by atoms with Crippen LogP contribution in [0.3, 0.4) is 0 Å². The van der Waals surface area contributed by atoms with E-state index < -0.39 is 17.9 Å². The van der Waals surface area contributed by atoms with Crippen LogP contribution in [-0.2, 0) is 4.74 Å². The molecule has 1 aromatic carbocycles. The second kappa shape index (κ2) is 3.63. The molecule has 0 aliphatic carbocycles. The number of ether oxygens (including phenoxy) is 1. The molecule has 0 bridgehead atoms. The lowest BCUT2D eigenvalue weighted by atomic mass is 10.0. The monoisotopic (exact) mass is 228 g/mol. The van der Waals surface area contributed by atoms with E-state index in [4.69, 9.17) is 0 Å². The zero-order chi connectivity index (χ0) is 11.8. The summed E-state index contributed by atoms with van der Waals surface area (Å²) in [5.41, 5.74) is -1.35. The van der Waals surface area contributed by atoms with Gasteiger partial charge in [-0.2, -0.15) is 13.2 Å². The van der Waals surface area contributed by atoms with Gasteiger partial charge in [-0.15, -0.1) is 0 Å². The molecule has 2 unspecified atom stereocenters. The van der Waals surface area contributed by atoms with Crippen LogP contribution in [-0.4, -0.2) is 17.9 Å². The zero-order valence-corrected chi connectivity index (χ0v) is 8.66. The number of hydrogen-bond donors (Lipinski definition) is 0. The van der Waals surface area contributed by atoms with Gasteiger partial charge in [-0.3, -0.25) is 0 Å². The predicted octanol–water partition coefficient (Wildman–Crippen LogP) is 3.42. The Morgan fingerprint density at radius 1 is 1.25 bits per heavy atom. The van der Waals surface area contributed by atoms with Crippen molar-refractivity contribution in [3.05, 3.63) is 42.0 Å². The van der Waals surface area contributed by atoms with Crippen LogP contribution in [0.5, 0.6) is 0 Å². The van der Waals surface area contributed by atoms with Gasteiger partial charge < -0.3 is 4.74 Å². The largest absolute Gasteiger partial charge is 0.423 e. The molecule has 2 rings (SSSR count). The summed E-state index contributed by atoms with van der Waals surface area (Å²) >= 11 is 0. The molecule has 1 fully saturated rings. The van der Waals surface area contributed by atoms with Crippen molar-refractivity contribution in [3.8, 4) is 0 Å². The first-order valence-corrected chi connectivity index (χ1v) is 4.94. The Bertz CT molecular complexity index is 396. The standard InChI is InChI=1S/C12H11F3O/c1-9-11(16-9,12(13,14)15)8-7-10-5-3-2-4-6-10/h2-9H,1H3/b8-7+. The van der Waals surface area contributed by atoms with Crippen molar-refractivity contribution in [2.75, 3.05) is 0 Å². The number of rotatable bonds is 2. The van der Waals surface area contributed by atoms with Crippen LogP contribution in [0.2, 0.25) is 0 Å². The van der Waals surface area contributed by atoms with E-state index in [1.807, 2.05) is 6.07 Å². The summed E-state index contributed by atoms with van der Waals surface area (Å²) in [7, 11) is 0. The zero-order valence-electron chi connectivity index (χ0n) is 8.66. The predicted molar refractivity (Wildman–Crippen MR) is 54.8 cm³/mol. The van der Waals surface area contributed by atoms with Gasteiger partial charge >= 0.3 is 6.18 Å². The number of hydrogen-bond acceptors (Lipinski definition) is 1. The van der Waals surface area contributed by atoms with Crippen LogP contribution in [0.15, 0.2) is 36.4 Å². The summed E-state index contributed by atoms with van der Waals surface area (Å²) in [5.74, 6) is 0. The van der Waals surface area contributed by atoms with E-state index in [2.05, 4.69) is 4.74 Å². The van der Waals surface area contributed by atoms with Gasteiger partial charge in [-0.1, -0.05) is 36.4 Å². The molecule has 1 saturated heterocycles. The first-order valence-electron chi connectivity index (χ1n) is 4.94. The number of epoxide rings is 1. The van der Waals surface area contributed by atoms with Gasteiger partial charge in [0.05, 0.1) is 6.10 Å². The Morgan fingerprint density at radius 3 is 2.25 bits per heavy atom. The molecule has 0 spiro atoms. The van der Waals surface area contributed by atoms with Crippen molar-refractivity contribution < 1.29 is 17.9 Å². The molecule has 0 N–H and O–H groups in total. The highest BCUT2D eigenvalue weighted by Gasteiger charge is 2.69. The quantitative estimate of drug-likeness (QED) is 0.706. The van der Waals surface area contributed by atoms with Gasteiger partial charge in [0.2, 0.25) is 5.60 Å². The van der Waals surface area contributed by atoms with Crippen LogP contribution in [0.1, 0.15) is 12.5 Å². The molecular formula is C12H11F3O. The minimum absolute atomic E-state index is 0.730. The first-order chi connectivity index (χ1) is 7.46. The summed E-state index contributed by atoms with van der Waals surface area (Å²) in [5, 5.41) is 0. The van der Waals surface area contributed by atoms with Gasteiger partial charge in [0.1, 0.15) is 0 Å². The minimum atomic E-state index is -4.35. The average molecular weight is 228 g/mol. The maximum absolute atomic E-state index is 12.7. The maximum atomic E-state index is 12.7. The fourth-order valence-electron chi connectivity index (χ4n) is 1.61. The lowest BCUT2D eigenvalue weighted by Crippen LogP contribution is -2.32. The normalized spacial score (nSPS) is 29.6. The van der Waals surface area contributed by atoms with E-state index in [1.165, 1.54) is 13.0 Å². The summed E-state index contributed by atoms with van der Waals surface area (Å²) < 4.78 is 42.7. The van der Waals surface area contributed by atoms with Crippen molar-refractivity contribution >= 4 is 6.08 Å². The number of alkyl halides is 3. The molecule has 0 amide bonds. The number of halogens is 3. The molecule has 1 aliphatic heterocycles. The molecule has 0 aromatic heterocycles. The Kier molecular flexibility index (Phi) is 2.54. The highest BCUT2D eigenvalue weighted by atomic mass is 19.4. The Hall–Kier alpha value is -1.29. The van der Waals surface area contributed by atoms with Crippen molar-refractivity contribution in [1.82, 2.24) is 0 Å². The SMILES string of the molecule is CC1OC1(/C=C/c1ccccc1)C(F)(F)F. The molecule has 86 valence electrons. The fourth-order valence-corrected chi connectivity index (χ4v) is 1.61. The molecule has 1 heterocycles. The number of benzene rings is 1. The van der Waals surface area contributed by atoms with Crippen molar-refractivity contribution in [2.24, 2.45) is 0 Å². The van der Waals surface area contributed by atoms with E-state index in [9.17, 15) is 13.2 Å². The highest BCUT2D eigenvalue weighted by Crippen LogP contribution is 2.50. The van der Waals surface area contributed by atoms with Gasteiger partial charge in [-0.05, 0) is 18.6 Å².